The SMILES string of the molecule is Cc1nnc(C(C)C)n1C1CC2CC[C@@H](C1)N2CCC(NC(=O)C1CCC(F)(F)CC1)c1ccsc1. The predicted molar refractivity (Wildman–Crippen MR) is 137 cm³/mol. The average molecular weight is 520 g/mol. The van der Waals surface area contributed by atoms with Crippen LogP contribution in [0.15, 0.2) is 16.8 Å². The molecule has 0 spiro atoms. The standard InChI is InChI=1S/C27H39F2N5OS/c1-17(2)25-32-31-18(3)34(25)23-14-21-4-5-22(15-23)33(21)12-8-24(20-9-13-36-16-20)30-26(35)19-6-10-27(28,29)11-7-19/h9,13,16-17,19,21-24H,4-8,10-12,14-15H2,1-3H3,(H,30,35)/t21-,22?,23?,24?/m0/s1. The fourth-order valence-electron chi connectivity index (χ4n) is 6.72. The minimum absolute atomic E-state index is 0.0623. The Labute approximate surface area is 216 Å². The van der Waals surface area contributed by atoms with Crippen LogP contribution in [0.2, 0.25) is 0 Å². The Morgan fingerprint density at radius 1 is 1.14 bits per heavy atom. The number of halogens is 2. The van der Waals surface area contributed by atoms with E-state index in [1.165, 1.54) is 12.8 Å². The molecule has 5 rings (SSSR count). The molecular weight excluding hydrogens is 480 g/mol. The number of hydrogen-bond donors (Lipinski definition) is 1. The van der Waals surface area contributed by atoms with Crippen molar-refractivity contribution in [1.82, 2.24) is 25.0 Å². The smallest absolute Gasteiger partial charge is 0.248 e. The summed E-state index contributed by atoms with van der Waals surface area (Å²) in [6.45, 7) is 7.36. The lowest BCUT2D eigenvalue weighted by Crippen LogP contribution is -2.45. The first-order chi connectivity index (χ1) is 17.2. The van der Waals surface area contributed by atoms with E-state index in [2.05, 4.69) is 57.2 Å². The van der Waals surface area contributed by atoms with E-state index in [0.29, 0.717) is 24.0 Å². The lowest BCUT2D eigenvalue weighted by atomic mass is 9.86. The summed E-state index contributed by atoms with van der Waals surface area (Å²) >= 11 is 1.63. The van der Waals surface area contributed by atoms with Gasteiger partial charge in [-0.05, 0) is 74.3 Å². The Morgan fingerprint density at radius 3 is 2.44 bits per heavy atom. The van der Waals surface area contributed by atoms with Gasteiger partial charge in [0.2, 0.25) is 11.8 Å². The van der Waals surface area contributed by atoms with Gasteiger partial charge in [0.15, 0.2) is 0 Å². The van der Waals surface area contributed by atoms with Gasteiger partial charge in [-0.15, -0.1) is 10.2 Å². The first-order valence-electron chi connectivity index (χ1n) is 13.6. The van der Waals surface area contributed by atoms with Gasteiger partial charge in [0.25, 0.3) is 0 Å². The second kappa shape index (κ2) is 10.5. The fourth-order valence-corrected chi connectivity index (χ4v) is 7.43. The number of hydrogen-bond acceptors (Lipinski definition) is 5. The molecule has 0 aromatic carbocycles. The predicted octanol–water partition coefficient (Wildman–Crippen LogP) is 6.01. The Morgan fingerprint density at radius 2 is 1.83 bits per heavy atom. The third-order valence-electron chi connectivity index (χ3n) is 8.66. The molecule has 2 aromatic heterocycles. The molecule has 198 valence electrons. The number of rotatable bonds is 8. The highest BCUT2D eigenvalue weighted by Gasteiger charge is 2.42. The first kappa shape index (κ1) is 25.8. The Bertz CT molecular complexity index is 1020. The second-order valence-corrected chi connectivity index (χ2v) is 12.2. The van der Waals surface area contributed by atoms with Crippen molar-refractivity contribution in [3.63, 3.8) is 0 Å². The van der Waals surface area contributed by atoms with Crippen molar-refractivity contribution in [3.05, 3.63) is 34.0 Å². The number of nitrogens with one attached hydrogen (secondary N) is 1. The van der Waals surface area contributed by atoms with E-state index in [0.717, 1.165) is 43.0 Å². The summed E-state index contributed by atoms with van der Waals surface area (Å²) in [5.41, 5.74) is 1.12. The van der Waals surface area contributed by atoms with Crippen LogP contribution < -0.4 is 5.32 Å². The zero-order valence-electron chi connectivity index (χ0n) is 21.6. The molecule has 3 fully saturated rings. The molecule has 2 bridgehead atoms. The molecule has 4 atom stereocenters. The number of alkyl halides is 2. The molecule has 9 heteroatoms. The molecule has 3 unspecified atom stereocenters. The van der Waals surface area contributed by atoms with Crippen LogP contribution in [0.5, 0.6) is 0 Å². The maximum Gasteiger partial charge on any atom is 0.248 e. The molecule has 1 saturated carbocycles. The zero-order valence-corrected chi connectivity index (χ0v) is 22.4. The highest BCUT2D eigenvalue weighted by molar-refractivity contribution is 7.08. The van der Waals surface area contributed by atoms with Gasteiger partial charge in [0.05, 0.1) is 6.04 Å². The molecule has 1 N–H and O–H groups in total. The molecule has 0 radical (unpaired) electrons. The monoisotopic (exact) mass is 519 g/mol. The van der Waals surface area contributed by atoms with Crippen LogP contribution in [-0.2, 0) is 4.79 Å². The van der Waals surface area contributed by atoms with Crippen LogP contribution >= 0.6 is 11.3 Å². The summed E-state index contributed by atoms with van der Waals surface area (Å²) < 4.78 is 29.6. The van der Waals surface area contributed by atoms with Crippen molar-refractivity contribution >= 4 is 17.2 Å². The minimum atomic E-state index is -2.61. The average Bonchev–Trinajstić information content (AvgIpc) is 3.55. The Balaban J connectivity index is 1.22. The highest BCUT2D eigenvalue weighted by atomic mass is 32.1. The van der Waals surface area contributed by atoms with E-state index in [-0.39, 0.29) is 43.6 Å². The Hall–Kier alpha value is -1.87. The van der Waals surface area contributed by atoms with Crippen LogP contribution in [0.3, 0.4) is 0 Å². The molecule has 4 heterocycles. The first-order valence-corrected chi connectivity index (χ1v) is 14.5. The van der Waals surface area contributed by atoms with Crippen molar-refractivity contribution in [3.8, 4) is 0 Å². The van der Waals surface area contributed by atoms with Crippen LogP contribution in [-0.4, -0.2) is 50.1 Å². The number of thiophene rings is 1. The molecule has 3 aliphatic rings. The molecule has 1 amide bonds. The fraction of sp³-hybridized carbons (Fsp3) is 0.741. The Kier molecular flexibility index (Phi) is 7.50. The number of aryl methyl sites for hydroxylation is 1. The summed E-state index contributed by atoms with van der Waals surface area (Å²) in [4.78, 5) is 15.7. The number of carbonyl (C=O) groups excluding carboxylic acids is 1. The van der Waals surface area contributed by atoms with Crippen molar-refractivity contribution < 1.29 is 13.6 Å². The molecule has 1 aliphatic carbocycles. The van der Waals surface area contributed by atoms with Gasteiger partial charge < -0.3 is 9.88 Å². The lowest BCUT2D eigenvalue weighted by molar-refractivity contribution is -0.130. The van der Waals surface area contributed by atoms with Gasteiger partial charge in [0, 0.05) is 49.3 Å². The van der Waals surface area contributed by atoms with E-state index >= 15 is 0 Å². The van der Waals surface area contributed by atoms with E-state index in [9.17, 15) is 13.6 Å². The molecule has 2 aliphatic heterocycles. The maximum atomic E-state index is 13.6. The van der Waals surface area contributed by atoms with E-state index in [1.54, 1.807) is 11.3 Å². The van der Waals surface area contributed by atoms with E-state index in [4.69, 9.17) is 0 Å². The summed E-state index contributed by atoms with van der Waals surface area (Å²) in [6.07, 6.45) is 5.67. The molecule has 2 saturated heterocycles. The summed E-state index contributed by atoms with van der Waals surface area (Å²) in [5, 5.41) is 16.2. The van der Waals surface area contributed by atoms with Crippen molar-refractivity contribution in [2.24, 2.45) is 5.92 Å². The van der Waals surface area contributed by atoms with Gasteiger partial charge in [0.1, 0.15) is 11.6 Å². The third-order valence-corrected chi connectivity index (χ3v) is 9.36. The van der Waals surface area contributed by atoms with Crippen LogP contribution in [0.25, 0.3) is 0 Å². The van der Waals surface area contributed by atoms with Crippen molar-refractivity contribution in [2.75, 3.05) is 6.54 Å². The summed E-state index contributed by atoms with van der Waals surface area (Å²) in [5.74, 6) is -0.529. The van der Waals surface area contributed by atoms with Crippen molar-refractivity contribution in [1.29, 1.82) is 0 Å². The number of fused-ring (bicyclic) bond motifs is 2. The van der Waals surface area contributed by atoms with Crippen LogP contribution in [0.1, 0.15) is 107 Å². The van der Waals surface area contributed by atoms with Crippen molar-refractivity contribution in [2.45, 2.75) is 115 Å². The van der Waals surface area contributed by atoms with Gasteiger partial charge in [-0.2, -0.15) is 11.3 Å². The number of aromatic nitrogens is 3. The number of piperidine rings is 1. The van der Waals surface area contributed by atoms with Crippen LogP contribution in [0.4, 0.5) is 8.78 Å². The number of nitrogens with zero attached hydrogens (tertiary/aromatic N) is 4. The normalized spacial score (nSPS) is 27.4. The molecular formula is C27H39F2N5OS. The zero-order chi connectivity index (χ0) is 25.4. The van der Waals surface area contributed by atoms with Gasteiger partial charge in [-0.3, -0.25) is 9.69 Å². The highest BCUT2D eigenvalue weighted by Crippen LogP contribution is 2.42. The van der Waals surface area contributed by atoms with Gasteiger partial charge >= 0.3 is 0 Å². The lowest BCUT2D eigenvalue weighted by Gasteiger charge is -2.40. The third kappa shape index (κ3) is 5.37. The largest absolute Gasteiger partial charge is 0.349 e. The molecule has 2 aromatic rings. The topological polar surface area (TPSA) is 63.1 Å². The number of amides is 1. The quantitative estimate of drug-likeness (QED) is 0.464. The van der Waals surface area contributed by atoms with Gasteiger partial charge in [-0.25, -0.2) is 8.78 Å². The van der Waals surface area contributed by atoms with E-state index in [1.807, 2.05) is 5.38 Å². The number of carbonyl (C=O) groups is 1. The van der Waals surface area contributed by atoms with Gasteiger partial charge in [-0.1, -0.05) is 13.8 Å². The van der Waals surface area contributed by atoms with Crippen LogP contribution in [0, 0.1) is 12.8 Å². The molecule has 36 heavy (non-hydrogen) atoms. The summed E-state index contributed by atoms with van der Waals surface area (Å²) in [7, 11) is 0. The van der Waals surface area contributed by atoms with E-state index < -0.39 is 5.92 Å². The second-order valence-electron chi connectivity index (χ2n) is 11.4. The minimum Gasteiger partial charge on any atom is -0.349 e. The molecule has 6 nitrogen and oxygen atoms in total. The maximum absolute atomic E-state index is 13.6. The summed E-state index contributed by atoms with van der Waals surface area (Å²) in [6, 6.07) is 3.53.